The summed E-state index contributed by atoms with van der Waals surface area (Å²) >= 11 is 0. The maximum atomic E-state index is 13.4. The highest BCUT2D eigenvalue weighted by molar-refractivity contribution is 6.46. The molecule has 0 bridgehead atoms. The molecule has 0 aromatic heterocycles. The molecule has 1 aliphatic heterocycles. The molecule has 0 spiro atoms. The molecule has 3 aromatic carbocycles. The molecule has 180 valence electrons. The normalized spacial score (nSPS) is 17.3. The maximum Gasteiger partial charge on any atom is 0.295 e. The van der Waals surface area contributed by atoms with Crippen LogP contribution >= 0.6 is 0 Å². The maximum absolute atomic E-state index is 13.4. The van der Waals surface area contributed by atoms with E-state index in [2.05, 4.69) is 0 Å². The first-order valence-corrected chi connectivity index (χ1v) is 11.5. The van der Waals surface area contributed by atoms with Gasteiger partial charge in [0.25, 0.3) is 11.7 Å². The minimum Gasteiger partial charge on any atom is -0.507 e. The predicted molar refractivity (Wildman–Crippen MR) is 133 cm³/mol. The number of rotatable bonds is 6. The molecule has 3 aromatic rings. The number of amides is 1. The third kappa shape index (κ3) is 4.69. The number of carbonyl (C=O) groups is 2. The van der Waals surface area contributed by atoms with E-state index in [1.54, 1.807) is 37.4 Å². The SMILES string of the molecule is COc1ccc(/C(O)=C2/C(=O)C(=O)N(Cc3ccc(F)cc3)C2c2cccc(C)c2)cc1C(C)C. The van der Waals surface area contributed by atoms with Crippen LogP contribution in [0.2, 0.25) is 0 Å². The monoisotopic (exact) mass is 473 g/mol. The van der Waals surface area contributed by atoms with E-state index in [0.717, 1.165) is 11.1 Å². The van der Waals surface area contributed by atoms with Crippen molar-refractivity contribution in [2.45, 2.75) is 39.3 Å². The van der Waals surface area contributed by atoms with Gasteiger partial charge in [0.2, 0.25) is 0 Å². The molecule has 1 fully saturated rings. The molecule has 1 saturated heterocycles. The summed E-state index contributed by atoms with van der Waals surface area (Å²) < 4.78 is 18.9. The van der Waals surface area contributed by atoms with Gasteiger partial charge in [0, 0.05) is 12.1 Å². The van der Waals surface area contributed by atoms with Gasteiger partial charge >= 0.3 is 0 Å². The van der Waals surface area contributed by atoms with Crippen molar-refractivity contribution in [3.63, 3.8) is 0 Å². The predicted octanol–water partition coefficient (Wildman–Crippen LogP) is 5.89. The number of aryl methyl sites for hydroxylation is 1. The standard InChI is InChI=1S/C29H28FNO4/c1-17(2)23-15-21(10-13-24(23)35-4)27(32)25-26(20-7-5-6-18(3)14-20)31(29(34)28(25)33)16-19-8-11-22(30)12-9-19/h5-15,17,26,32H,16H2,1-4H3/b27-25-. The van der Waals surface area contributed by atoms with Crippen molar-refractivity contribution in [2.24, 2.45) is 0 Å². The zero-order chi connectivity index (χ0) is 25.3. The average molecular weight is 474 g/mol. The van der Waals surface area contributed by atoms with Gasteiger partial charge in [-0.25, -0.2) is 4.39 Å². The van der Waals surface area contributed by atoms with Crippen LogP contribution in [-0.2, 0) is 16.1 Å². The van der Waals surface area contributed by atoms with Crippen LogP contribution in [0.5, 0.6) is 5.75 Å². The number of carbonyl (C=O) groups excluding carboxylic acids is 2. The Labute approximate surface area is 204 Å². The smallest absolute Gasteiger partial charge is 0.295 e. The lowest BCUT2D eigenvalue weighted by atomic mass is 9.92. The van der Waals surface area contributed by atoms with E-state index in [9.17, 15) is 19.1 Å². The second-order valence-electron chi connectivity index (χ2n) is 9.08. The minimum atomic E-state index is -0.787. The Hall–Kier alpha value is -3.93. The molecular weight excluding hydrogens is 445 g/mol. The number of likely N-dealkylation sites (tertiary alicyclic amines) is 1. The van der Waals surface area contributed by atoms with Crippen molar-refractivity contribution >= 4 is 17.4 Å². The Balaban J connectivity index is 1.88. The van der Waals surface area contributed by atoms with E-state index in [4.69, 9.17) is 4.74 Å². The quantitative estimate of drug-likeness (QED) is 0.275. The molecule has 1 N–H and O–H groups in total. The number of methoxy groups -OCH3 is 1. The molecule has 4 rings (SSSR count). The lowest BCUT2D eigenvalue weighted by molar-refractivity contribution is -0.140. The van der Waals surface area contributed by atoms with Gasteiger partial charge in [0.15, 0.2) is 0 Å². The number of halogens is 1. The third-order valence-corrected chi connectivity index (χ3v) is 6.29. The molecule has 35 heavy (non-hydrogen) atoms. The van der Waals surface area contributed by atoms with Crippen LogP contribution in [0.15, 0.2) is 72.3 Å². The van der Waals surface area contributed by atoms with Crippen molar-refractivity contribution in [3.05, 3.63) is 106 Å². The topological polar surface area (TPSA) is 66.8 Å². The van der Waals surface area contributed by atoms with Gasteiger partial charge in [-0.3, -0.25) is 9.59 Å². The summed E-state index contributed by atoms with van der Waals surface area (Å²) in [6.07, 6.45) is 0. The van der Waals surface area contributed by atoms with E-state index in [1.165, 1.54) is 17.0 Å². The second kappa shape index (κ2) is 9.74. The Bertz CT molecular complexity index is 1310. The molecule has 0 radical (unpaired) electrons. The van der Waals surface area contributed by atoms with E-state index in [1.807, 2.05) is 45.0 Å². The Morgan fingerprint density at radius 1 is 1.06 bits per heavy atom. The zero-order valence-corrected chi connectivity index (χ0v) is 20.2. The van der Waals surface area contributed by atoms with E-state index in [0.29, 0.717) is 22.4 Å². The number of nitrogens with zero attached hydrogens (tertiary/aromatic N) is 1. The average Bonchev–Trinajstić information content (AvgIpc) is 3.09. The van der Waals surface area contributed by atoms with Crippen LogP contribution in [0, 0.1) is 12.7 Å². The van der Waals surface area contributed by atoms with E-state index < -0.39 is 17.7 Å². The van der Waals surface area contributed by atoms with Crippen LogP contribution < -0.4 is 4.74 Å². The van der Waals surface area contributed by atoms with Crippen LogP contribution in [0.4, 0.5) is 4.39 Å². The number of hydrogen-bond acceptors (Lipinski definition) is 4. The number of ether oxygens (including phenoxy) is 1. The van der Waals surface area contributed by atoms with Crippen molar-refractivity contribution < 1.29 is 23.8 Å². The summed E-state index contributed by atoms with van der Waals surface area (Å²) in [4.78, 5) is 27.9. The number of hydrogen-bond donors (Lipinski definition) is 1. The molecule has 1 aliphatic rings. The fourth-order valence-corrected chi connectivity index (χ4v) is 4.50. The summed E-state index contributed by atoms with van der Waals surface area (Å²) in [6.45, 7) is 6.04. The third-order valence-electron chi connectivity index (χ3n) is 6.29. The highest BCUT2D eigenvalue weighted by Gasteiger charge is 2.46. The van der Waals surface area contributed by atoms with Gasteiger partial charge in [-0.2, -0.15) is 0 Å². The van der Waals surface area contributed by atoms with Crippen molar-refractivity contribution in [3.8, 4) is 5.75 Å². The molecule has 0 saturated carbocycles. The molecular formula is C29H28FNO4. The van der Waals surface area contributed by atoms with Crippen LogP contribution in [0.25, 0.3) is 5.76 Å². The molecule has 1 amide bonds. The largest absolute Gasteiger partial charge is 0.507 e. The molecule has 6 heteroatoms. The van der Waals surface area contributed by atoms with E-state index >= 15 is 0 Å². The van der Waals surface area contributed by atoms with Crippen LogP contribution in [0.1, 0.15) is 53.6 Å². The zero-order valence-electron chi connectivity index (χ0n) is 20.2. The molecule has 0 aliphatic carbocycles. The Morgan fingerprint density at radius 3 is 2.40 bits per heavy atom. The summed E-state index contributed by atoms with van der Waals surface area (Å²) in [7, 11) is 1.58. The fraction of sp³-hybridized carbons (Fsp3) is 0.241. The first-order valence-electron chi connectivity index (χ1n) is 11.5. The number of aliphatic hydroxyl groups is 1. The first kappa shape index (κ1) is 24.2. The van der Waals surface area contributed by atoms with Gasteiger partial charge in [-0.15, -0.1) is 0 Å². The molecule has 1 atom stereocenters. The Kier molecular flexibility index (Phi) is 6.74. The van der Waals surface area contributed by atoms with Gasteiger partial charge in [-0.1, -0.05) is 55.8 Å². The summed E-state index contributed by atoms with van der Waals surface area (Å²) in [6, 6.07) is 17.8. The van der Waals surface area contributed by atoms with E-state index in [-0.39, 0.29) is 29.6 Å². The highest BCUT2D eigenvalue weighted by Crippen LogP contribution is 2.41. The Morgan fingerprint density at radius 2 is 1.77 bits per heavy atom. The highest BCUT2D eigenvalue weighted by atomic mass is 19.1. The summed E-state index contributed by atoms with van der Waals surface area (Å²) in [5, 5.41) is 11.4. The van der Waals surface area contributed by atoms with Crippen LogP contribution in [-0.4, -0.2) is 28.8 Å². The van der Waals surface area contributed by atoms with Crippen molar-refractivity contribution in [1.82, 2.24) is 4.90 Å². The van der Waals surface area contributed by atoms with Gasteiger partial charge in [0.05, 0.1) is 18.7 Å². The van der Waals surface area contributed by atoms with Gasteiger partial charge < -0.3 is 14.7 Å². The van der Waals surface area contributed by atoms with Gasteiger partial charge in [0.1, 0.15) is 17.3 Å². The lowest BCUT2D eigenvalue weighted by Crippen LogP contribution is -2.29. The first-order chi connectivity index (χ1) is 16.7. The molecule has 5 nitrogen and oxygen atoms in total. The number of ketones is 1. The number of benzene rings is 3. The number of aliphatic hydroxyl groups excluding tert-OH is 1. The molecule has 1 unspecified atom stereocenters. The fourth-order valence-electron chi connectivity index (χ4n) is 4.50. The van der Waals surface area contributed by atoms with Crippen LogP contribution in [0.3, 0.4) is 0 Å². The number of Topliss-reactive ketones (excluding diaryl/α,β-unsaturated/α-hetero) is 1. The van der Waals surface area contributed by atoms with Crippen molar-refractivity contribution in [1.29, 1.82) is 0 Å². The molecule has 1 heterocycles. The minimum absolute atomic E-state index is 0.0302. The lowest BCUT2D eigenvalue weighted by Gasteiger charge is -2.26. The summed E-state index contributed by atoms with van der Waals surface area (Å²) in [5.74, 6) is -1.28. The second-order valence-corrected chi connectivity index (χ2v) is 9.08. The van der Waals surface area contributed by atoms with Gasteiger partial charge in [-0.05, 0) is 59.9 Å². The summed E-state index contributed by atoms with van der Waals surface area (Å²) in [5.41, 5.74) is 3.70. The van der Waals surface area contributed by atoms with Crippen molar-refractivity contribution in [2.75, 3.05) is 7.11 Å².